The fourth-order valence-corrected chi connectivity index (χ4v) is 3.40. The molecule has 0 fully saturated rings. The molecule has 0 bridgehead atoms. The Balaban J connectivity index is 1.84. The number of aromatic nitrogens is 2. The second-order valence-corrected chi connectivity index (χ2v) is 7.90. The maximum Gasteiger partial charge on any atom is 0.257 e. The van der Waals surface area contributed by atoms with E-state index < -0.39 is 10.0 Å². The fraction of sp³-hybridized carbons (Fsp3) is 0.467. The molecule has 3 rings (SSSR count). The average molecular weight is 352 g/mol. The topological polar surface area (TPSA) is 97.4 Å². The van der Waals surface area contributed by atoms with Crippen molar-refractivity contribution in [2.45, 2.75) is 20.0 Å². The number of carbonyl (C=O) groups excluding carboxylic acids is 1. The van der Waals surface area contributed by atoms with Gasteiger partial charge in [0.25, 0.3) is 5.91 Å². The van der Waals surface area contributed by atoms with E-state index in [1.807, 2.05) is 10.7 Å². The molecule has 1 amide bonds. The van der Waals surface area contributed by atoms with Crippen LogP contribution >= 0.6 is 0 Å². The van der Waals surface area contributed by atoms with Gasteiger partial charge in [0.15, 0.2) is 0 Å². The summed E-state index contributed by atoms with van der Waals surface area (Å²) in [6.07, 6.45) is 4.31. The summed E-state index contributed by atoms with van der Waals surface area (Å²) >= 11 is 0. The summed E-state index contributed by atoms with van der Waals surface area (Å²) in [5.41, 5.74) is 1.45. The van der Waals surface area contributed by atoms with Gasteiger partial charge in [-0.15, -0.1) is 0 Å². The summed E-state index contributed by atoms with van der Waals surface area (Å²) in [6.45, 7) is 3.43. The highest BCUT2D eigenvalue weighted by Crippen LogP contribution is 2.20. The minimum Gasteiger partial charge on any atom is -0.469 e. The van der Waals surface area contributed by atoms with Crippen LogP contribution < -0.4 is 4.72 Å². The van der Waals surface area contributed by atoms with Gasteiger partial charge in [-0.1, -0.05) is 0 Å². The number of nitrogens with zero attached hydrogens (tertiary/aromatic N) is 3. The van der Waals surface area contributed by atoms with Crippen molar-refractivity contribution in [3.05, 3.63) is 41.6 Å². The summed E-state index contributed by atoms with van der Waals surface area (Å²) in [7, 11) is -3.29. The molecule has 0 saturated carbocycles. The second kappa shape index (κ2) is 6.40. The molecule has 130 valence electrons. The lowest BCUT2D eigenvalue weighted by Crippen LogP contribution is -2.38. The Kier molecular flexibility index (Phi) is 4.46. The van der Waals surface area contributed by atoms with E-state index >= 15 is 0 Å². The van der Waals surface area contributed by atoms with Crippen molar-refractivity contribution < 1.29 is 17.6 Å². The Hall–Kier alpha value is -2.13. The van der Waals surface area contributed by atoms with E-state index in [9.17, 15) is 13.2 Å². The molecule has 3 heterocycles. The minimum atomic E-state index is -3.29. The SMILES string of the molecule is Cc1occc1C(=O)N1Cc2ccnn2CC(CNS(C)(=O)=O)C1. The number of rotatable bonds is 4. The normalized spacial score (nSPS) is 18.2. The van der Waals surface area contributed by atoms with E-state index in [0.29, 0.717) is 31.0 Å². The largest absolute Gasteiger partial charge is 0.469 e. The third-order valence-corrected chi connectivity index (χ3v) is 4.77. The Morgan fingerprint density at radius 2 is 2.21 bits per heavy atom. The van der Waals surface area contributed by atoms with Crippen molar-refractivity contribution in [1.29, 1.82) is 0 Å². The molecule has 1 aliphatic rings. The molecule has 1 N–H and O–H groups in total. The number of furan rings is 1. The van der Waals surface area contributed by atoms with Crippen molar-refractivity contribution in [2.75, 3.05) is 19.3 Å². The van der Waals surface area contributed by atoms with E-state index in [4.69, 9.17) is 4.42 Å². The second-order valence-electron chi connectivity index (χ2n) is 6.07. The van der Waals surface area contributed by atoms with E-state index in [2.05, 4.69) is 9.82 Å². The van der Waals surface area contributed by atoms with Gasteiger partial charge in [-0.25, -0.2) is 13.1 Å². The van der Waals surface area contributed by atoms with Crippen molar-refractivity contribution in [3.8, 4) is 0 Å². The summed E-state index contributed by atoms with van der Waals surface area (Å²) in [6, 6.07) is 3.53. The Bertz CT molecular complexity index is 839. The number of hydrogen-bond acceptors (Lipinski definition) is 5. The molecular formula is C15H20N4O4S. The van der Waals surface area contributed by atoms with Crippen LogP contribution in [0, 0.1) is 12.8 Å². The van der Waals surface area contributed by atoms with Crippen LogP contribution in [-0.2, 0) is 23.1 Å². The molecular weight excluding hydrogens is 332 g/mol. The zero-order valence-corrected chi connectivity index (χ0v) is 14.4. The highest BCUT2D eigenvalue weighted by atomic mass is 32.2. The van der Waals surface area contributed by atoms with E-state index in [-0.39, 0.29) is 18.4 Å². The number of hydrogen-bond donors (Lipinski definition) is 1. The van der Waals surface area contributed by atoms with Crippen LogP contribution in [0.4, 0.5) is 0 Å². The molecule has 1 atom stereocenters. The first-order chi connectivity index (χ1) is 11.3. The van der Waals surface area contributed by atoms with Gasteiger partial charge < -0.3 is 9.32 Å². The van der Waals surface area contributed by atoms with Gasteiger partial charge in [0.05, 0.1) is 30.3 Å². The van der Waals surface area contributed by atoms with Crippen LogP contribution in [0.25, 0.3) is 0 Å². The molecule has 2 aromatic heterocycles. The molecule has 0 aromatic carbocycles. The third-order valence-electron chi connectivity index (χ3n) is 4.08. The quantitative estimate of drug-likeness (QED) is 0.869. The number of fused-ring (bicyclic) bond motifs is 1. The molecule has 0 spiro atoms. The lowest BCUT2D eigenvalue weighted by molar-refractivity contribution is 0.0720. The maximum absolute atomic E-state index is 12.8. The van der Waals surface area contributed by atoms with Crippen LogP contribution in [0.15, 0.2) is 29.0 Å². The summed E-state index contributed by atoms with van der Waals surface area (Å²) < 4.78 is 32.3. The summed E-state index contributed by atoms with van der Waals surface area (Å²) in [5, 5.41) is 4.27. The third kappa shape index (κ3) is 3.68. The molecule has 1 aliphatic heterocycles. The number of amides is 1. The molecule has 0 aliphatic carbocycles. The lowest BCUT2D eigenvalue weighted by atomic mass is 10.1. The first-order valence-electron chi connectivity index (χ1n) is 7.62. The fourth-order valence-electron chi connectivity index (χ4n) is 2.86. The molecule has 0 radical (unpaired) electrons. The van der Waals surface area contributed by atoms with E-state index in [0.717, 1.165) is 11.9 Å². The van der Waals surface area contributed by atoms with Crippen molar-refractivity contribution in [3.63, 3.8) is 0 Å². The molecule has 1 unspecified atom stereocenters. The van der Waals surface area contributed by atoms with E-state index in [1.54, 1.807) is 24.1 Å². The van der Waals surface area contributed by atoms with Crippen LogP contribution in [0.5, 0.6) is 0 Å². The highest BCUT2D eigenvalue weighted by molar-refractivity contribution is 7.88. The predicted octanol–water partition coefficient (Wildman–Crippen LogP) is 0.606. The summed E-state index contributed by atoms with van der Waals surface area (Å²) in [4.78, 5) is 14.5. The van der Waals surface area contributed by atoms with Gasteiger partial charge in [0.1, 0.15) is 5.76 Å². The van der Waals surface area contributed by atoms with Crippen molar-refractivity contribution in [1.82, 2.24) is 19.4 Å². The number of nitrogens with one attached hydrogen (secondary N) is 1. The van der Waals surface area contributed by atoms with Crippen molar-refractivity contribution >= 4 is 15.9 Å². The Labute approximate surface area is 140 Å². The molecule has 24 heavy (non-hydrogen) atoms. The van der Waals surface area contributed by atoms with E-state index in [1.165, 1.54) is 6.26 Å². The van der Waals surface area contributed by atoms with Crippen LogP contribution in [-0.4, -0.2) is 48.4 Å². The molecule has 8 nitrogen and oxygen atoms in total. The Morgan fingerprint density at radius 1 is 1.42 bits per heavy atom. The predicted molar refractivity (Wildman–Crippen MR) is 86.7 cm³/mol. The van der Waals surface area contributed by atoms with Gasteiger partial charge in [0, 0.05) is 31.7 Å². The Morgan fingerprint density at radius 3 is 2.88 bits per heavy atom. The van der Waals surface area contributed by atoms with Crippen LogP contribution in [0.2, 0.25) is 0 Å². The minimum absolute atomic E-state index is 0.0722. The number of sulfonamides is 1. The number of carbonyl (C=O) groups is 1. The zero-order chi connectivity index (χ0) is 17.3. The smallest absolute Gasteiger partial charge is 0.257 e. The molecule has 0 saturated heterocycles. The van der Waals surface area contributed by atoms with Gasteiger partial charge in [-0.3, -0.25) is 9.48 Å². The molecule has 9 heteroatoms. The van der Waals surface area contributed by atoms with Crippen LogP contribution in [0.3, 0.4) is 0 Å². The standard InChI is InChI=1S/C15H20N4O4S/c1-11-14(4-6-23-11)15(20)18-8-12(7-17-24(2,21)22)9-19-13(10-18)3-5-16-19/h3-6,12,17H,7-10H2,1-2H3. The zero-order valence-electron chi connectivity index (χ0n) is 13.6. The lowest BCUT2D eigenvalue weighted by Gasteiger charge is -2.24. The van der Waals surface area contributed by atoms with Gasteiger partial charge in [-0.2, -0.15) is 5.10 Å². The first-order valence-corrected chi connectivity index (χ1v) is 9.51. The monoisotopic (exact) mass is 352 g/mol. The highest BCUT2D eigenvalue weighted by Gasteiger charge is 2.28. The van der Waals surface area contributed by atoms with Crippen LogP contribution in [0.1, 0.15) is 21.8 Å². The summed E-state index contributed by atoms with van der Waals surface area (Å²) in [5.74, 6) is 0.376. The average Bonchev–Trinajstić information content (AvgIpc) is 3.08. The first kappa shape index (κ1) is 16.7. The van der Waals surface area contributed by atoms with Gasteiger partial charge in [-0.05, 0) is 19.1 Å². The maximum atomic E-state index is 12.8. The van der Waals surface area contributed by atoms with Gasteiger partial charge in [0.2, 0.25) is 10.0 Å². The number of aryl methyl sites for hydroxylation is 1. The van der Waals surface area contributed by atoms with Gasteiger partial charge >= 0.3 is 0 Å². The van der Waals surface area contributed by atoms with Crippen molar-refractivity contribution in [2.24, 2.45) is 5.92 Å². The molecule has 2 aromatic rings.